The molecule has 102 valence electrons. The van der Waals surface area contributed by atoms with Gasteiger partial charge in [0.15, 0.2) is 0 Å². The van der Waals surface area contributed by atoms with Crippen LogP contribution in [0.3, 0.4) is 0 Å². The molecule has 0 aromatic heterocycles. The average Bonchev–Trinajstić information content (AvgIpc) is 2.46. The van der Waals surface area contributed by atoms with Crippen molar-refractivity contribution in [3.63, 3.8) is 0 Å². The van der Waals surface area contributed by atoms with Crippen LogP contribution in [-0.2, 0) is 12.8 Å². The molecule has 0 aliphatic carbocycles. The fraction of sp³-hybridized carbons (Fsp3) is 0.222. The van der Waals surface area contributed by atoms with Crippen LogP contribution in [0, 0.1) is 13.8 Å². The van der Waals surface area contributed by atoms with Gasteiger partial charge in [0.1, 0.15) is 0 Å². The Morgan fingerprint density at radius 1 is 0.700 bits per heavy atom. The van der Waals surface area contributed by atoms with Gasteiger partial charge in [-0.3, -0.25) is 0 Å². The first-order valence-corrected chi connectivity index (χ1v) is 6.89. The van der Waals surface area contributed by atoms with E-state index >= 15 is 0 Å². The minimum Gasteiger partial charge on any atom is -0.164 e. The lowest BCUT2D eigenvalue weighted by Gasteiger charge is -2.00. The largest absolute Gasteiger partial charge is 0.164 e. The molecular weight excluding hydrogens is 244 g/mol. The van der Waals surface area contributed by atoms with Crippen molar-refractivity contribution < 1.29 is 0 Å². The van der Waals surface area contributed by atoms with Gasteiger partial charge in [0.25, 0.3) is 0 Å². The molecule has 0 heterocycles. The second-order valence-corrected chi connectivity index (χ2v) is 4.86. The van der Waals surface area contributed by atoms with E-state index in [1.54, 1.807) is 0 Å². The fourth-order valence-electron chi connectivity index (χ4n) is 2.05. The highest BCUT2D eigenvalue weighted by Crippen LogP contribution is 2.07. The summed E-state index contributed by atoms with van der Waals surface area (Å²) in [7, 11) is 0. The minimum atomic E-state index is 0.828. The summed E-state index contributed by atoms with van der Waals surface area (Å²) in [4.78, 5) is 0. The van der Waals surface area contributed by atoms with Crippen molar-refractivity contribution in [1.29, 1.82) is 0 Å². The predicted octanol–water partition coefficient (Wildman–Crippen LogP) is 4.15. The smallest absolute Gasteiger partial charge is 0.0314 e. The molecule has 0 saturated heterocycles. The Kier molecular flexibility index (Phi) is 5.24. The monoisotopic (exact) mass is 264 g/mol. The van der Waals surface area contributed by atoms with E-state index in [4.69, 9.17) is 0 Å². The third-order valence-electron chi connectivity index (χ3n) is 3.37. The summed E-state index contributed by atoms with van der Waals surface area (Å²) >= 11 is 0. The summed E-state index contributed by atoms with van der Waals surface area (Å²) in [6.07, 6.45) is 5.37. The summed E-state index contributed by atoms with van der Waals surface area (Å²) < 4.78 is 0. The van der Waals surface area contributed by atoms with Gasteiger partial charge < -0.3 is 0 Å². The number of aryl methyl sites for hydroxylation is 2. The first-order valence-electron chi connectivity index (χ1n) is 6.89. The van der Waals surface area contributed by atoms with Gasteiger partial charge in [-0.05, 0) is 36.1 Å². The molecule has 0 fully saturated rings. The highest BCUT2D eigenvalue weighted by atomic mass is 15.2. The van der Waals surface area contributed by atoms with Crippen LogP contribution in [-0.4, -0.2) is 12.4 Å². The van der Waals surface area contributed by atoms with Crippen LogP contribution in [0.2, 0.25) is 0 Å². The summed E-state index contributed by atoms with van der Waals surface area (Å²) in [5.41, 5.74) is 5.18. The van der Waals surface area contributed by atoms with Crippen molar-refractivity contribution in [3.8, 4) is 0 Å². The highest BCUT2D eigenvalue weighted by Gasteiger charge is 1.94. The van der Waals surface area contributed by atoms with Crippen molar-refractivity contribution in [2.24, 2.45) is 10.2 Å². The van der Waals surface area contributed by atoms with E-state index in [1.807, 2.05) is 12.4 Å². The molecule has 0 aliphatic rings. The molecule has 20 heavy (non-hydrogen) atoms. The van der Waals surface area contributed by atoms with Gasteiger partial charge in [-0.2, -0.15) is 10.2 Å². The normalized spacial score (nSPS) is 11.5. The maximum atomic E-state index is 4.10. The van der Waals surface area contributed by atoms with E-state index in [9.17, 15) is 0 Å². The summed E-state index contributed by atoms with van der Waals surface area (Å²) in [6.45, 7) is 4.23. The Morgan fingerprint density at radius 3 is 1.50 bits per heavy atom. The molecule has 0 radical (unpaired) electrons. The number of benzene rings is 2. The molecule has 0 unspecified atom stereocenters. The van der Waals surface area contributed by atoms with Crippen LogP contribution in [0.5, 0.6) is 0 Å². The van der Waals surface area contributed by atoms with Crippen LogP contribution < -0.4 is 0 Å². The van der Waals surface area contributed by atoms with Gasteiger partial charge >= 0.3 is 0 Å². The average molecular weight is 264 g/mol. The van der Waals surface area contributed by atoms with E-state index in [0.29, 0.717) is 0 Å². The van der Waals surface area contributed by atoms with Gasteiger partial charge in [0.05, 0.1) is 0 Å². The molecule has 0 spiro atoms. The lowest BCUT2D eigenvalue weighted by molar-refractivity contribution is 1.18. The van der Waals surface area contributed by atoms with E-state index in [0.717, 1.165) is 12.8 Å². The van der Waals surface area contributed by atoms with E-state index < -0.39 is 0 Å². The Balaban J connectivity index is 1.83. The number of hydrogen-bond donors (Lipinski definition) is 0. The zero-order chi connectivity index (χ0) is 14.2. The van der Waals surface area contributed by atoms with Crippen LogP contribution in [0.1, 0.15) is 22.3 Å². The van der Waals surface area contributed by atoms with Crippen molar-refractivity contribution in [2.45, 2.75) is 26.7 Å². The second-order valence-electron chi connectivity index (χ2n) is 4.86. The van der Waals surface area contributed by atoms with Crippen LogP contribution in [0.15, 0.2) is 58.7 Å². The molecular formula is C18H20N2. The minimum absolute atomic E-state index is 0.828. The zero-order valence-electron chi connectivity index (χ0n) is 12.1. The summed E-state index contributed by atoms with van der Waals surface area (Å²) in [5.74, 6) is 0. The highest BCUT2D eigenvalue weighted by molar-refractivity contribution is 5.66. The van der Waals surface area contributed by atoms with Crippen molar-refractivity contribution in [3.05, 3.63) is 70.8 Å². The van der Waals surface area contributed by atoms with Crippen LogP contribution in [0.25, 0.3) is 0 Å². The Morgan fingerprint density at radius 2 is 1.10 bits per heavy atom. The number of nitrogens with zero attached hydrogens (tertiary/aromatic N) is 2. The molecule has 2 aromatic rings. The molecule has 0 amide bonds. The first-order chi connectivity index (χ1) is 9.77. The third kappa shape index (κ3) is 4.16. The zero-order valence-corrected chi connectivity index (χ0v) is 12.1. The van der Waals surface area contributed by atoms with Gasteiger partial charge in [-0.25, -0.2) is 0 Å². The Bertz CT molecular complexity index is 557. The molecule has 2 heteroatoms. The lowest BCUT2D eigenvalue weighted by atomic mass is 10.1. The van der Waals surface area contributed by atoms with E-state index in [-0.39, 0.29) is 0 Å². The van der Waals surface area contributed by atoms with E-state index in [1.165, 1.54) is 22.3 Å². The first kappa shape index (κ1) is 14.2. The van der Waals surface area contributed by atoms with Crippen LogP contribution in [0.4, 0.5) is 0 Å². The summed E-state index contributed by atoms with van der Waals surface area (Å²) in [5, 5.41) is 8.19. The second kappa shape index (κ2) is 7.39. The van der Waals surface area contributed by atoms with E-state index in [2.05, 4.69) is 72.6 Å². The van der Waals surface area contributed by atoms with Crippen molar-refractivity contribution in [1.82, 2.24) is 0 Å². The molecule has 0 aliphatic heterocycles. The summed E-state index contributed by atoms with van der Waals surface area (Å²) in [6, 6.07) is 16.7. The number of rotatable bonds is 5. The molecule has 0 bridgehead atoms. The van der Waals surface area contributed by atoms with Crippen molar-refractivity contribution >= 4 is 12.4 Å². The molecule has 2 aromatic carbocycles. The molecule has 2 rings (SSSR count). The third-order valence-corrected chi connectivity index (χ3v) is 3.37. The lowest BCUT2D eigenvalue weighted by Crippen LogP contribution is -1.90. The topological polar surface area (TPSA) is 24.7 Å². The van der Waals surface area contributed by atoms with Crippen molar-refractivity contribution in [2.75, 3.05) is 0 Å². The Hall–Kier alpha value is -2.22. The fourth-order valence-corrected chi connectivity index (χ4v) is 2.05. The maximum Gasteiger partial charge on any atom is 0.0314 e. The maximum absolute atomic E-state index is 4.10. The van der Waals surface area contributed by atoms with Gasteiger partial charge in [0.2, 0.25) is 0 Å². The van der Waals surface area contributed by atoms with Gasteiger partial charge in [-0.15, -0.1) is 0 Å². The predicted molar refractivity (Wildman–Crippen MR) is 86.8 cm³/mol. The number of hydrogen-bond acceptors (Lipinski definition) is 2. The molecule has 0 saturated carbocycles. The Labute approximate surface area is 120 Å². The SMILES string of the molecule is Cc1ccccc1C/C=N/N=C/Cc1ccccc1C. The van der Waals surface area contributed by atoms with Crippen LogP contribution >= 0.6 is 0 Å². The standard InChI is InChI=1S/C18H20N2/c1-15-7-3-5-9-17(15)11-13-19-20-14-12-18-10-6-4-8-16(18)2/h3-10,13-14H,11-12H2,1-2H3/b19-13+,20-14+. The molecule has 0 atom stereocenters. The molecule has 0 N–H and O–H groups in total. The quantitative estimate of drug-likeness (QED) is 0.572. The molecule has 2 nitrogen and oxygen atoms in total. The van der Waals surface area contributed by atoms with Gasteiger partial charge in [0, 0.05) is 25.3 Å². The van der Waals surface area contributed by atoms with Gasteiger partial charge in [-0.1, -0.05) is 48.5 Å².